The molecule has 0 saturated carbocycles. The number of nitrogen functional groups attached to an aromatic ring is 1. The second kappa shape index (κ2) is 5.24. The summed E-state index contributed by atoms with van der Waals surface area (Å²) >= 11 is 0. The Morgan fingerprint density at radius 1 is 1.22 bits per heavy atom. The molecular formula is C12H13N5O. The third-order valence-corrected chi connectivity index (χ3v) is 2.30. The number of carbonyl (C=O) groups is 1. The van der Waals surface area contributed by atoms with E-state index < -0.39 is 0 Å². The van der Waals surface area contributed by atoms with E-state index in [9.17, 15) is 4.79 Å². The number of aryl methyl sites for hydroxylation is 1. The monoisotopic (exact) mass is 243 g/mol. The van der Waals surface area contributed by atoms with E-state index in [0.29, 0.717) is 17.1 Å². The molecule has 4 N–H and O–H groups in total. The molecule has 0 unspecified atom stereocenters. The van der Waals surface area contributed by atoms with Gasteiger partial charge in [-0.05, 0) is 30.7 Å². The van der Waals surface area contributed by atoms with Gasteiger partial charge in [-0.2, -0.15) is 0 Å². The number of hydrogen-bond acceptors (Lipinski definition) is 5. The lowest BCUT2D eigenvalue weighted by molar-refractivity contribution is 0.102. The molecule has 0 saturated heterocycles. The van der Waals surface area contributed by atoms with Crippen LogP contribution < -0.4 is 16.6 Å². The maximum absolute atomic E-state index is 11.9. The predicted molar refractivity (Wildman–Crippen MR) is 69.0 cm³/mol. The summed E-state index contributed by atoms with van der Waals surface area (Å²) in [5.74, 6) is 4.93. The van der Waals surface area contributed by atoms with Gasteiger partial charge < -0.3 is 10.7 Å². The maximum atomic E-state index is 11.9. The number of hydrogen-bond donors (Lipinski definition) is 3. The van der Waals surface area contributed by atoms with Crippen LogP contribution in [0, 0.1) is 6.92 Å². The van der Waals surface area contributed by atoms with E-state index in [1.165, 1.54) is 6.20 Å². The van der Waals surface area contributed by atoms with Crippen molar-refractivity contribution in [2.24, 2.45) is 5.84 Å². The highest BCUT2D eigenvalue weighted by molar-refractivity contribution is 6.02. The molecule has 18 heavy (non-hydrogen) atoms. The van der Waals surface area contributed by atoms with Crippen molar-refractivity contribution in [2.75, 3.05) is 10.7 Å². The summed E-state index contributed by atoms with van der Waals surface area (Å²) in [5, 5.41) is 2.72. The molecule has 0 atom stereocenters. The van der Waals surface area contributed by atoms with E-state index in [2.05, 4.69) is 20.7 Å². The zero-order valence-electron chi connectivity index (χ0n) is 9.84. The van der Waals surface area contributed by atoms with Gasteiger partial charge in [0, 0.05) is 6.20 Å². The maximum Gasteiger partial charge on any atom is 0.274 e. The van der Waals surface area contributed by atoms with E-state index >= 15 is 0 Å². The molecule has 2 heterocycles. The average Bonchev–Trinajstić information content (AvgIpc) is 2.39. The van der Waals surface area contributed by atoms with Gasteiger partial charge in [-0.1, -0.05) is 0 Å². The van der Waals surface area contributed by atoms with Gasteiger partial charge in [0.15, 0.2) is 0 Å². The van der Waals surface area contributed by atoms with Crippen molar-refractivity contribution in [3.63, 3.8) is 0 Å². The lowest BCUT2D eigenvalue weighted by Crippen LogP contribution is -2.14. The van der Waals surface area contributed by atoms with Gasteiger partial charge in [0.2, 0.25) is 0 Å². The number of carbonyl (C=O) groups excluding carboxylic acids is 1. The minimum Gasteiger partial charge on any atom is -0.323 e. The first-order chi connectivity index (χ1) is 8.69. The van der Waals surface area contributed by atoms with Gasteiger partial charge in [-0.3, -0.25) is 15.6 Å². The fraction of sp³-hybridized carbons (Fsp3) is 0.0833. The first kappa shape index (κ1) is 12.0. The van der Waals surface area contributed by atoms with E-state index in [-0.39, 0.29) is 5.91 Å². The highest BCUT2D eigenvalue weighted by Gasteiger charge is 2.07. The Morgan fingerprint density at radius 3 is 2.67 bits per heavy atom. The molecule has 2 rings (SSSR count). The van der Waals surface area contributed by atoms with Crippen LogP contribution >= 0.6 is 0 Å². The molecular weight excluding hydrogens is 230 g/mol. The first-order valence-corrected chi connectivity index (χ1v) is 5.35. The fourth-order valence-electron chi connectivity index (χ4n) is 1.43. The molecule has 2 aromatic heterocycles. The fourth-order valence-corrected chi connectivity index (χ4v) is 1.43. The van der Waals surface area contributed by atoms with Crippen LogP contribution in [0.4, 0.5) is 11.4 Å². The summed E-state index contributed by atoms with van der Waals surface area (Å²) in [5.41, 5.74) is 5.02. The van der Waals surface area contributed by atoms with Crippen molar-refractivity contribution in [1.82, 2.24) is 9.97 Å². The number of rotatable bonds is 3. The standard InChI is InChI=1S/C12H13N5O/c1-8-4-10(6-14-5-8)16-12(18)11-3-2-9(17-13)7-15-11/h2-7,17H,13H2,1H3,(H,16,18). The number of amides is 1. The third-order valence-electron chi connectivity index (χ3n) is 2.30. The van der Waals surface area contributed by atoms with Crippen LogP contribution in [-0.2, 0) is 0 Å². The zero-order valence-corrected chi connectivity index (χ0v) is 9.84. The van der Waals surface area contributed by atoms with E-state index in [1.54, 1.807) is 24.5 Å². The van der Waals surface area contributed by atoms with Crippen molar-refractivity contribution < 1.29 is 4.79 Å². The molecule has 0 fully saturated rings. The quantitative estimate of drug-likeness (QED) is 0.558. The number of pyridine rings is 2. The molecule has 6 nitrogen and oxygen atoms in total. The topological polar surface area (TPSA) is 92.9 Å². The smallest absolute Gasteiger partial charge is 0.274 e. The number of nitrogens with zero attached hydrogens (tertiary/aromatic N) is 2. The number of hydrazine groups is 1. The molecule has 0 aliphatic rings. The minimum absolute atomic E-state index is 0.286. The lowest BCUT2D eigenvalue weighted by atomic mass is 10.2. The van der Waals surface area contributed by atoms with E-state index in [0.717, 1.165) is 5.56 Å². The van der Waals surface area contributed by atoms with Crippen LogP contribution in [0.25, 0.3) is 0 Å². The Bertz CT molecular complexity index is 553. The summed E-state index contributed by atoms with van der Waals surface area (Å²) < 4.78 is 0. The predicted octanol–water partition coefficient (Wildman–Crippen LogP) is 1.32. The minimum atomic E-state index is -0.286. The van der Waals surface area contributed by atoms with Crippen LogP contribution in [0.15, 0.2) is 36.8 Å². The zero-order chi connectivity index (χ0) is 13.0. The molecule has 0 aromatic carbocycles. The molecule has 92 valence electrons. The SMILES string of the molecule is Cc1cncc(NC(=O)c2ccc(NN)cn2)c1. The molecule has 0 bridgehead atoms. The van der Waals surface area contributed by atoms with Crippen molar-refractivity contribution >= 4 is 17.3 Å². The van der Waals surface area contributed by atoms with Crippen LogP contribution in [0.1, 0.15) is 16.1 Å². The summed E-state index contributed by atoms with van der Waals surface area (Å²) in [6.45, 7) is 1.91. The van der Waals surface area contributed by atoms with E-state index in [4.69, 9.17) is 5.84 Å². The summed E-state index contributed by atoms with van der Waals surface area (Å²) in [4.78, 5) is 19.9. The summed E-state index contributed by atoms with van der Waals surface area (Å²) in [6, 6.07) is 5.10. The third kappa shape index (κ3) is 2.80. The Morgan fingerprint density at radius 2 is 2.06 bits per heavy atom. The van der Waals surface area contributed by atoms with Gasteiger partial charge in [-0.25, -0.2) is 4.98 Å². The van der Waals surface area contributed by atoms with Gasteiger partial charge >= 0.3 is 0 Å². The molecule has 0 aliphatic heterocycles. The van der Waals surface area contributed by atoms with Crippen molar-refractivity contribution in [3.05, 3.63) is 48.0 Å². The van der Waals surface area contributed by atoms with Crippen molar-refractivity contribution in [2.45, 2.75) is 6.92 Å². The second-order valence-corrected chi connectivity index (χ2v) is 3.78. The molecule has 0 spiro atoms. The van der Waals surface area contributed by atoms with Gasteiger partial charge in [0.1, 0.15) is 5.69 Å². The lowest BCUT2D eigenvalue weighted by Gasteiger charge is -2.05. The Balaban J connectivity index is 2.11. The summed E-state index contributed by atoms with van der Waals surface area (Å²) in [6.07, 6.45) is 4.79. The van der Waals surface area contributed by atoms with Crippen LogP contribution in [-0.4, -0.2) is 15.9 Å². The largest absolute Gasteiger partial charge is 0.323 e. The van der Waals surface area contributed by atoms with E-state index in [1.807, 2.05) is 13.0 Å². The normalized spacial score (nSPS) is 9.89. The Hall–Kier alpha value is -2.47. The highest BCUT2D eigenvalue weighted by atomic mass is 16.1. The molecule has 0 radical (unpaired) electrons. The van der Waals surface area contributed by atoms with Gasteiger partial charge in [-0.15, -0.1) is 0 Å². The molecule has 6 heteroatoms. The first-order valence-electron chi connectivity index (χ1n) is 5.35. The van der Waals surface area contributed by atoms with Crippen LogP contribution in [0.2, 0.25) is 0 Å². The Kier molecular flexibility index (Phi) is 3.49. The number of anilines is 2. The van der Waals surface area contributed by atoms with Crippen molar-refractivity contribution in [3.8, 4) is 0 Å². The highest BCUT2D eigenvalue weighted by Crippen LogP contribution is 2.10. The summed E-state index contributed by atoms with van der Waals surface area (Å²) in [7, 11) is 0. The second-order valence-electron chi connectivity index (χ2n) is 3.78. The van der Waals surface area contributed by atoms with Gasteiger partial charge in [0.05, 0.1) is 23.8 Å². The molecule has 0 aliphatic carbocycles. The average molecular weight is 243 g/mol. The number of nitrogens with two attached hydrogens (primary N) is 1. The van der Waals surface area contributed by atoms with Crippen LogP contribution in [0.3, 0.4) is 0 Å². The Labute approximate surface area is 104 Å². The molecule has 2 aromatic rings. The van der Waals surface area contributed by atoms with Crippen molar-refractivity contribution in [1.29, 1.82) is 0 Å². The number of aromatic nitrogens is 2. The molecule has 1 amide bonds. The van der Waals surface area contributed by atoms with Crippen LogP contribution in [0.5, 0.6) is 0 Å². The number of nitrogens with one attached hydrogen (secondary N) is 2. The van der Waals surface area contributed by atoms with Gasteiger partial charge in [0.25, 0.3) is 5.91 Å².